The van der Waals surface area contributed by atoms with E-state index < -0.39 is 0 Å². The molecule has 0 spiro atoms. The molecule has 1 aliphatic carbocycles. The van der Waals surface area contributed by atoms with E-state index in [1.54, 1.807) is 0 Å². The third kappa shape index (κ3) is 2.37. The van der Waals surface area contributed by atoms with Crippen LogP contribution in [0.25, 0.3) is 0 Å². The van der Waals surface area contributed by atoms with Gasteiger partial charge < -0.3 is 10.2 Å². The fraction of sp³-hybridized carbons (Fsp3) is 0.533. The maximum Gasteiger partial charge on any atom is 0.233 e. The molecule has 1 atom stereocenters. The van der Waals surface area contributed by atoms with Crippen molar-refractivity contribution < 1.29 is 4.79 Å². The highest BCUT2D eigenvalue weighted by Crippen LogP contribution is 2.49. The fourth-order valence-corrected chi connectivity index (χ4v) is 3.07. The van der Waals surface area contributed by atoms with E-state index >= 15 is 0 Å². The van der Waals surface area contributed by atoms with Crippen LogP contribution in [0.3, 0.4) is 0 Å². The third-order valence-electron chi connectivity index (χ3n) is 4.21. The number of halogens is 1. The molecule has 1 saturated heterocycles. The monoisotopic (exact) mass is 278 g/mol. The van der Waals surface area contributed by atoms with E-state index in [4.69, 9.17) is 11.6 Å². The Balaban J connectivity index is 1.80. The molecule has 19 heavy (non-hydrogen) atoms. The van der Waals surface area contributed by atoms with E-state index in [2.05, 4.69) is 12.2 Å². The SMILES string of the molecule is C[C@H]1CN(C(=O)C2(c3ccc(Cl)cc3)CC2)CCN1. The molecule has 0 aromatic heterocycles. The highest BCUT2D eigenvalue weighted by molar-refractivity contribution is 6.30. The summed E-state index contributed by atoms with van der Waals surface area (Å²) < 4.78 is 0. The molecular weight excluding hydrogens is 260 g/mol. The van der Waals surface area contributed by atoms with Crippen LogP contribution in [-0.4, -0.2) is 36.5 Å². The summed E-state index contributed by atoms with van der Waals surface area (Å²) in [5.41, 5.74) is 0.856. The van der Waals surface area contributed by atoms with Gasteiger partial charge in [0.1, 0.15) is 0 Å². The number of nitrogens with one attached hydrogen (secondary N) is 1. The van der Waals surface area contributed by atoms with Crippen LogP contribution >= 0.6 is 11.6 Å². The highest BCUT2D eigenvalue weighted by atomic mass is 35.5. The summed E-state index contributed by atoms with van der Waals surface area (Å²) in [5.74, 6) is 0.295. The van der Waals surface area contributed by atoms with E-state index in [9.17, 15) is 4.79 Å². The van der Waals surface area contributed by atoms with Gasteiger partial charge in [-0.15, -0.1) is 0 Å². The van der Waals surface area contributed by atoms with E-state index in [0.717, 1.165) is 43.1 Å². The molecule has 1 amide bonds. The first-order valence-corrected chi connectivity index (χ1v) is 7.28. The minimum atomic E-state index is -0.262. The van der Waals surface area contributed by atoms with Gasteiger partial charge in [-0.1, -0.05) is 23.7 Å². The first kappa shape index (κ1) is 12.9. The number of carbonyl (C=O) groups excluding carboxylic acids is 1. The Morgan fingerprint density at radius 3 is 2.63 bits per heavy atom. The van der Waals surface area contributed by atoms with Gasteiger partial charge in [0.2, 0.25) is 5.91 Å². The van der Waals surface area contributed by atoms with Gasteiger partial charge in [0.05, 0.1) is 5.41 Å². The number of rotatable bonds is 2. The average molecular weight is 279 g/mol. The molecule has 2 fully saturated rings. The van der Waals surface area contributed by atoms with Crippen LogP contribution in [0.5, 0.6) is 0 Å². The van der Waals surface area contributed by atoms with E-state index in [-0.39, 0.29) is 5.41 Å². The second-order valence-electron chi connectivity index (χ2n) is 5.70. The zero-order valence-corrected chi connectivity index (χ0v) is 11.9. The molecule has 3 nitrogen and oxygen atoms in total. The lowest BCUT2D eigenvalue weighted by atomic mass is 9.94. The number of benzene rings is 1. The predicted octanol–water partition coefficient (Wildman–Crippen LogP) is 2.19. The van der Waals surface area contributed by atoms with Gasteiger partial charge in [0, 0.05) is 30.7 Å². The van der Waals surface area contributed by atoms with Crippen LogP contribution in [0.2, 0.25) is 5.02 Å². The first-order chi connectivity index (χ1) is 9.12. The number of amides is 1. The zero-order valence-electron chi connectivity index (χ0n) is 11.2. The topological polar surface area (TPSA) is 32.3 Å². The minimum absolute atomic E-state index is 0.262. The Kier molecular flexibility index (Phi) is 3.27. The quantitative estimate of drug-likeness (QED) is 0.899. The van der Waals surface area contributed by atoms with Crippen molar-refractivity contribution in [1.82, 2.24) is 10.2 Å². The van der Waals surface area contributed by atoms with Crippen molar-refractivity contribution >= 4 is 17.5 Å². The molecule has 102 valence electrons. The molecule has 1 N–H and O–H groups in total. The molecule has 1 aromatic rings. The predicted molar refractivity (Wildman–Crippen MR) is 76.4 cm³/mol. The summed E-state index contributed by atoms with van der Waals surface area (Å²) in [4.78, 5) is 14.8. The van der Waals surface area contributed by atoms with Crippen LogP contribution in [0.4, 0.5) is 0 Å². The van der Waals surface area contributed by atoms with Crippen molar-refractivity contribution in [2.45, 2.75) is 31.2 Å². The van der Waals surface area contributed by atoms with Crippen molar-refractivity contribution in [1.29, 1.82) is 0 Å². The molecule has 0 bridgehead atoms. The van der Waals surface area contributed by atoms with Crippen molar-refractivity contribution in [2.75, 3.05) is 19.6 Å². The molecule has 1 aliphatic heterocycles. The van der Waals surface area contributed by atoms with Gasteiger partial charge in [0.25, 0.3) is 0 Å². The Labute approximate surface area is 118 Å². The normalized spacial score (nSPS) is 25.2. The minimum Gasteiger partial charge on any atom is -0.339 e. The third-order valence-corrected chi connectivity index (χ3v) is 4.46. The fourth-order valence-electron chi connectivity index (χ4n) is 2.94. The molecule has 2 aliphatic rings. The van der Waals surface area contributed by atoms with Gasteiger partial charge in [-0.2, -0.15) is 0 Å². The number of hydrogen-bond acceptors (Lipinski definition) is 2. The number of nitrogens with zero attached hydrogens (tertiary/aromatic N) is 1. The lowest BCUT2D eigenvalue weighted by molar-refractivity contribution is -0.135. The second-order valence-corrected chi connectivity index (χ2v) is 6.13. The summed E-state index contributed by atoms with van der Waals surface area (Å²) >= 11 is 5.93. The molecule has 4 heteroatoms. The molecule has 0 unspecified atom stereocenters. The summed E-state index contributed by atoms with van der Waals surface area (Å²) in [5, 5.41) is 4.10. The van der Waals surface area contributed by atoms with Gasteiger partial charge in [-0.3, -0.25) is 4.79 Å². The van der Waals surface area contributed by atoms with E-state index in [1.807, 2.05) is 29.2 Å². The maximum absolute atomic E-state index is 12.8. The number of hydrogen-bond donors (Lipinski definition) is 1. The smallest absolute Gasteiger partial charge is 0.233 e. The Morgan fingerprint density at radius 2 is 2.05 bits per heavy atom. The van der Waals surface area contributed by atoms with Crippen molar-refractivity contribution in [3.05, 3.63) is 34.9 Å². The highest BCUT2D eigenvalue weighted by Gasteiger charge is 2.53. The molecule has 0 radical (unpaired) electrons. The summed E-state index contributed by atoms with van der Waals surface area (Å²) in [6.45, 7) is 4.65. The lowest BCUT2D eigenvalue weighted by Gasteiger charge is -2.34. The number of carbonyl (C=O) groups is 1. The van der Waals surface area contributed by atoms with Gasteiger partial charge in [-0.25, -0.2) is 0 Å². The molecule has 1 saturated carbocycles. The van der Waals surface area contributed by atoms with Crippen molar-refractivity contribution in [2.24, 2.45) is 0 Å². The molecule has 1 heterocycles. The zero-order chi connectivity index (χ0) is 13.5. The number of piperazine rings is 1. The van der Waals surface area contributed by atoms with Crippen LogP contribution in [0, 0.1) is 0 Å². The average Bonchev–Trinajstić information content (AvgIpc) is 3.20. The summed E-state index contributed by atoms with van der Waals surface area (Å²) in [7, 11) is 0. The van der Waals surface area contributed by atoms with E-state index in [1.165, 1.54) is 0 Å². The van der Waals surface area contributed by atoms with Crippen LogP contribution < -0.4 is 5.32 Å². The van der Waals surface area contributed by atoms with Gasteiger partial charge >= 0.3 is 0 Å². The largest absolute Gasteiger partial charge is 0.339 e. The van der Waals surface area contributed by atoms with Gasteiger partial charge in [-0.05, 0) is 37.5 Å². The summed E-state index contributed by atoms with van der Waals surface area (Å²) in [6.07, 6.45) is 1.93. The van der Waals surface area contributed by atoms with Crippen molar-refractivity contribution in [3.8, 4) is 0 Å². The van der Waals surface area contributed by atoms with E-state index in [0.29, 0.717) is 11.9 Å². The standard InChI is InChI=1S/C15H19ClN2O/c1-11-10-18(9-8-17-11)14(19)15(6-7-15)12-2-4-13(16)5-3-12/h2-5,11,17H,6-10H2,1H3/t11-/m0/s1. The van der Waals surface area contributed by atoms with Crippen LogP contribution in [0.1, 0.15) is 25.3 Å². The lowest BCUT2D eigenvalue weighted by Crippen LogP contribution is -2.53. The molecule has 3 rings (SSSR count). The van der Waals surface area contributed by atoms with Crippen LogP contribution in [0.15, 0.2) is 24.3 Å². The second kappa shape index (κ2) is 4.80. The van der Waals surface area contributed by atoms with Gasteiger partial charge in [0.15, 0.2) is 0 Å². The Hall–Kier alpha value is -1.06. The first-order valence-electron chi connectivity index (χ1n) is 6.91. The van der Waals surface area contributed by atoms with Crippen LogP contribution in [-0.2, 0) is 10.2 Å². The molecule has 1 aromatic carbocycles. The Morgan fingerprint density at radius 1 is 1.37 bits per heavy atom. The van der Waals surface area contributed by atoms with Crippen molar-refractivity contribution in [3.63, 3.8) is 0 Å². The summed E-state index contributed by atoms with van der Waals surface area (Å²) in [6, 6.07) is 8.14. The molecular formula is C15H19ClN2O. The Bertz CT molecular complexity index is 481. The maximum atomic E-state index is 12.8.